The highest BCUT2D eigenvalue weighted by molar-refractivity contribution is 6.35. The Morgan fingerprint density at radius 2 is 2.17 bits per heavy atom. The molecule has 1 aliphatic rings. The molecule has 0 aromatic heterocycles. The third kappa shape index (κ3) is 5.27. The average Bonchev–Trinajstić information content (AvgIpc) is 2.99. The van der Waals surface area contributed by atoms with E-state index in [9.17, 15) is 9.59 Å². The third-order valence-corrected chi connectivity index (χ3v) is 4.21. The molecule has 6 nitrogen and oxygen atoms in total. The Bertz CT molecular complexity index is 583. The Morgan fingerprint density at radius 1 is 1.39 bits per heavy atom. The highest BCUT2D eigenvalue weighted by atomic mass is 35.5. The molecule has 1 heterocycles. The van der Waals surface area contributed by atoms with Crippen LogP contribution in [0.4, 0.5) is 4.79 Å². The quantitative estimate of drug-likeness (QED) is 0.764. The van der Waals surface area contributed by atoms with E-state index < -0.39 is 11.9 Å². The second kappa shape index (κ2) is 8.38. The molecule has 23 heavy (non-hydrogen) atoms. The van der Waals surface area contributed by atoms with Crippen LogP contribution in [0, 0.1) is 5.92 Å². The van der Waals surface area contributed by atoms with Crippen molar-refractivity contribution in [2.45, 2.75) is 13.0 Å². The number of ether oxygens (including phenoxy) is 1. The lowest BCUT2D eigenvalue weighted by atomic mass is 10.1. The normalized spacial score (nSPS) is 17.3. The maximum Gasteiger partial charge on any atom is 0.317 e. The van der Waals surface area contributed by atoms with Gasteiger partial charge in [-0.15, -0.1) is 0 Å². The van der Waals surface area contributed by atoms with E-state index in [4.69, 9.17) is 33.0 Å². The molecule has 2 amide bonds. The van der Waals surface area contributed by atoms with Gasteiger partial charge in [0.25, 0.3) is 0 Å². The van der Waals surface area contributed by atoms with Gasteiger partial charge in [-0.3, -0.25) is 4.79 Å². The summed E-state index contributed by atoms with van der Waals surface area (Å²) in [5.74, 6) is -1.33. The van der Waals surface area contributed by atoms with Crippen molar-refractivity contribution in [3.05, 3.63) is 33.8 Å². The van der Waals surface area contributed by atoms with Gasteiger partial charge in [-0.2, -0.15) is 0 Å². The van der Waals surface area contributed by atoms with Gasteiger partial charge in [0.1, 0.15) is 0 Å². The van der Waals surface area contributed by atoms with Crippen LogP contribution < -0.4 is 5.32 Å². The summed E-state index contributed by atoms with van der Waals surface area (Å²) < 4.78 is 5.46. The zero-order valence-electron chi connectivity index (χ0n) is 12.4. The number of nitrogens with zero attached hydrogens (tertiary/aromatic N) is 1. The number of hydrogen-bond donors (Lipinski definition) is 2. The molecule has 0 unspecified atom stereocenters. The maximum atomic E-state index is 11.9. The largest absolute Gasteiger partial charge is 0.481 e. The highest BCUT2D eigenvalue weighted by Gasteiger charge is 2.30. The van der Waals surface area contributed by atoms with Crippen LogP contribution in [-0.2, 0) is 16.1 Å². The fourth-order valence-corrected chi connectivity index (χ4v) is 2.77. The molecule has 2 N–H and O–H groups in total. The molecule has 0 aliphatic carbocycles. The monoisotopic (exact) mass is 360 g/mol. The van der Waals surface area contributed by atoms with Crippen LogP contribution in [0.15, 0.2) is 18.2 Å². The predicted molar refractivity (Wildman–Crippen MR) is 86.8 cm³/mol. The topological polar surface area (TPSA) is 78.9 Å². The molecule has 126 valence electrons. The Morgan fingerprint density at radius 3 is 2.83 bits per heavy atom. The SMILES string of the molecule is O=C(O)[C@H]1CCN(C(=O)NCCOCc2ccc(Cl)cc2Cl)C1. The number of benzene rings is 1. The van der Waals surface area contributed by atoms with E-state index in [0.717, 1.165) is 5.56 Å². The number of carboxylic acids is 1. The second-order valence-corrected chi connectivity index (χ2v) is 6.13. The molecule has 1 saturated heterocycles. The summed E-state index contributed by atoms with van der Waals surface area (Å²) >= 11 is 11.8. The molecule has 0 saturated carbocycles. The lowest BCUT2D eigenvalue weighted by molar-refractivity contribution is -0.141. The lowest BCUT2D eigenvalue weighted by Gasteiger charge is -2.16. The van der Waals surface area contributed by atoms with Crippen molar-refractivity contribution in [1.82, 2.24) is 10.2 Å². The minimum Gasteiger partial charge on any atom is -0.481 e. The molecule has 0 bridgehead atoms. The smallest absolute Gasteiger partial charge is 0.317 e. The summed E-state index contributed by atoms with van der Waals surface area (Å²) in [5.41, 5.74) is 0.825. The van der Waals surface area contributed by atoms with E-state index in [2.05, 4.69) is 5.32 Å². The van der Waals surface area contributed by atoms with E-state index in [0.29, 0.717) is 42.8 Å². The molecular weight excluding hydrogens is 343 g/mol. The Labute approximate surface area is 144 Å². The second-order valence-electron chi connectivity index (χ2n) is 5.29. The maximum absolute atomic E-state index is 11.9. The van der Waals surface area contributed by atoms with Crippen molar-refractivity contribution >= 4 is 35.2 Å². The Hall–Kier alpha value is -1.50. The van der Waals surface area contributed by atoms with E-state index >= 15 is 0 Å². The molecule has 1 atom stereocenters. The van der Waals surface area contributed by atoms with Gasteiger partial charge in [-0.25, -0.2) is 4.79 Å². The van der Waals surface area contributed by atoms with Gasteiger partial charge in [-0.1, -0.05) is 29.3 Å². The molecule has 0 radical (unpaired) electrons. The first-order chi connectivity index (χ1) is 11.0. The van der Waals surface area contributed by atoms with Crippen molar-refractivity contribution in [2.24, 2.45) is 5.92 Å². The van der Waals surface area contributed by atoms with Crippen LogP contribution >= 0.6 is 23.2 Å². The predicted octanol–water partition coefficient (Wildman–Crippen LogP) is 2.63. The molecule has 1 aromatic carbocycles. The van der Waals surface area contributed by atoms with Crippen molar-refractivity contribution in [2.75, 3.05) is 26.2 Å². The summed E-state index contributed by atoms with van der Waals surface area (Å²) in [7, 11) is 0. The number of amides is 2. The van der Waals surface area contributed by atoms with E-state index in [1.807, 2.05) is 0 Å². The fourth-order valence-electron chi connectivity index (χ4n) is 2.31. The van der Waals surface area contributed by atoms with E-state index in [1.54, 1.807) is 18.2 Å². The highest BCUT2D eigenvalue weighted by Crippen LogP contribution is 2.21. The number of likely N-dealkylation sites (tertiary alicyclic amines) is 1. The first-order valence-electron chi connectivity index (χ1n) is 7.24. The molecule has 2 rings (SSSR count). The zero-order chi connectivity index (χ0) is 16.8. The number of aliphatic carboxylic acids is 1. The number of hydrogen-bond acceptors (Lipinski definition) is 3. The van der Waals surface area contributed by atoms with Crippen LogP contribution in [-0.4, -0.2) is 48.2 Å². The van der Waals surface area contributed by atoms with Gasteiger partial charge in [0.15, 0.2) is 0 Å². The number of carbonyl (C=O) groups is 2. The zero-order valence-corrected chi connectivity index (χ0v) is 13.9. The molecule has 1 aromatic rings. The number of carbonyl (C=O) groups excluding carboxylic acids is 1. The number of halogens is 2. The van der Waals surface area contributed by atoms with Crippen molar-refractivity contribution in [3.8, 4) is 0 Å². The van der Waals surface area contributed by atoms with Crippen LogP contribution in [0.25, 0.3) is 0 Å². The Balaban J connectivity index is 1.64. The molecule has 8 heteroatoms. The summed E-state index contributed by atoms with van der Waals surface area (Å²) in [6.07, 6.45) is 0.494. The molecule has 0 spiro atoms. The summed E-state index contributed by atoms with van der Waals surface area (Å²) in [5, 5.41) is 12.7. The number of nitrogens with one attached hydrogen (secondary N) is 1. The third-order valence-electron chi connectivity index (χ3n) is 3.62. The number of rotatable bonds is 6. The van der Waals surface area contributed by atoms with Crippen molar-refractivity contribution < 1.29 is 19.4 Å². The number of carboxylic acid groups (broad SMARTS) is 1. The van der Waals surface area contributed by atoms with Crippen LogP contribution in [0.2, 0.25) is 10.0 Å². The molecular formula is C15H18Cl2N2O4. The van der Waals surface area contributed by atoms with Crippen LogP contribution in [0.5, 0.6) is 0 Å². The van der Waals surface area contributed by atoms with Crippen LogP contribution in [0.1, 0.15) is 12.0 Å². The van der Waals surface area contributed by atoms with Gasteiger partial charge in [-0.05, 0) is 24.1 Å². The standard InChI is InChI=1S/C15H18Cl2N2O4/c16-12-2-1-11(13(17)7-12)9-23-6-4-18-15(22)19-5-3-10(8-19)14(20)21/h1-2,7,10H,3-6,8-9H2,(H,18,22)(H,20,21)/t10-/m0/s1. The Kier molecular flexibility index (Phi) is 6.50. The summed E-state index contributed by atoms with van der Waals surface area (Å²) in [4.78, 5) is 24.2. The van der Waals surface area contributed by atoms with Gasteiger partial charge >= 0.3 is 12.0 Å². The first-order valence-corrected chi connectivity index (χ1v) is 8.00. The minimum atomic E-state index is -0.858. The first kappa shape index (κ1) is 17.8. The number of urea groups is 1. The fraction of sp³-hybridized carbons (Fsp3) is 0.467. The van der Waals surface area contributed by atoms with E-state index in [-0.39, 0.29) is 12.6 Å². The summed E-state index contributed by atoms with van der Waals surface area (Å²) in [6, 6.07) is 4.91. The molecule has 1 aliphatic heterocycles. The lowest BCUT2D eigenvalue weighted by Crippen LogP contribution is -2.40. The molecule has 1 fully saturated rings. The van der Waals surface area contributed by atoms with Gasteiger partial charge < -0.3 is 20.1 Å². The van der Waals surface area contributed by atoms with Gasteiger partial charge in [0.2, 0.25) is 0 Å². The average molecular weight is 361 g/mol. The van der Waals surface area contributed by atoms with Crippen molar-refractivity contribution in [3.63, 3.8) is 0 Å². The van der Waals surface area contributed by atoms with Crippen molar-refractivity contribution in [1.29, 1.82) is 0 Å². The van der Waals surface area contributed by atoms with Gasteiger partial charge in [0.05, 0.1) is 19.1 Å². The summed E-state index contributed by atoms with van der Waals surface area (Å²) in [6.45, 7) is 1.72. The van der Waals surface area contributed by atoms with Crippen LogP contribution in [0.3, 0.4) is 0 Å². The van der Waals surface area contributed by atoms with Gasteiger partial charge in [0, 0.05) is 29.7 Å². The van der Waals surface area contributed by atoms with E-state index in [1.165, 1.54) is 4.90 Å². The minimum absolute atomic E-state index is 0.252.